The molecule has 1 heterocycles. The molecule has 7 heteroatoms. The quantitative estimate of drug-likeness (QED) is 0.465. The number of thioether (sulfide) groups is 1. The Hall–Kier alpha value is -1.86. The zero-order valence-electron chi connectivity index (χ0n) is 12.2. The van der Waals surface area contributed by atoms with Gasteiger partial charge in [-0.05, 0) is 31.0 Å². The molecule has 1 aromatic carbocycles. The van der Waals surface area contributed by atoms with E-state index in [0.717, 1.165) is 15.4 Å². The predicted molar refractivity (Wildman–Crippen MR) is 79.6 cm³/mol. The van der Waals surface area contributed by atoms with E-state index in [-0.39, 0.29) is 6.67 Å². The van der Waals surface area contributed by atoms with Crippen LogP contribution in [0.1, 0.15) is 5.56 Å². The number of hydrogen-bond acceptors (Lipinski definition) is 5. The van der Waals surface area contributed by atoms with E-state index in [1.54, 1.807) is 18.8 Å². The molecule has 0 bridgehead atoms. The van der Waals surface area contributed by atoms with Crippen LogP contribution < -0.4 is 0 Å². The highest BCUT2D eigenvalue weighted by Gasteiger charge is 2.42. The smallest absolute Gasteiger partial charge is 0.284 e. The highest BCUT2D eigenvalue weighted by atomic mass is 32.2. The van der Waals surface area contributed by atoms with Crippen LogP contribution in [0.3, 0.4) is 0 Å². The van der Waals surface area contributed by atoms with Gasteiger partial charge in [-0.2, -0.15) is 0 Å². The Morgan fingerprint density at radius 1 is 1.10 bits per heavy atom. The molecule has 0 unspecified atom stereocenters. The van der Waals surface area contributed by atoms with Crippen molar-refractivity contribution in [3.63, 3.8) is 0 Å². The molecule has 6 nitrogen and oxygen atoms in total. The number of imide groups is 2. The number of nitrogens with zero attached hydrogens (tertiary/aromatic N) is 3. The lowest BCUT2D eigenvalue weighted by Gasteiger charge is -2.22. The third-order valence-electron chi connectivity index (χ3n) is 3.24. The summed E-state index contributed by atoms with van der Waals surface area (Å²) in [6.07, 6.45) is 2.01. The van der Waals surface area contributed by atoms with Crippen molar-refractivity contribution in [1.29, 1.82) is 0 Å². The minimum Gasteiger partial charge on any atom is -0.284 e. The molecule has 21 heavy (non-hydrogen) atoms. The minimum atomic E-state index is -0.780. The average Bonchev–Trinajstić information content (AvgIpc) is 2.66. The SMILES string of the molecule is CSc1ccc(CN(C)CN2C(=O)C(=O)N(C)C2=O)cc1. The summed E-state index contributed by atoms with van der Waals surface area (Å²) in [5.41, 5.74) is 1.08. The largest absolute Gasteiger partial charge is 0.335 e. The Kier molecular flexibility index (Phi) is 4.64. The van der Waals surface area contributed by atoms with Gasteiger partial charge >= 0.3 is 17.8 Å². The van der Waals surface area contributed by atoms with Crippen LogP contribution >= 0.6 is 11.8 Å². The van der Waals surface area contributed by atoms with Crippen molar-refractivity contribution >= 4 is 29.6 Å². The highest BCUT2D eigenvalue weighted by molar-refractivity contribution is 7.98. The van der Waals surface area contributed by atoms with Gasteiger partial charge in [-0.15, -0.1) is 11.8 Å². The molecule has 0 aliphatic carbocycles. The molecule has 1 saturated heterocycles. The first-order valence-electron chi connectivity index (χ1n) is 6.39. The van der Waals surface area contributed by atoms with Crippen molar-refractivity contribution in [3.8, 4) is 0 Å². The fourth-order valence-electron chi connectivity index (χ4n) is 2.07. The number of amides is 4. The van der Waals surface area contributed by atoms with Crippen molar-refractivity contribution in [3.05, 3.63) is 29.8 Å². The summed E-state index contributed by atoms with van der Waals surface area (Å²) < 4.78 is 0. The number of urea groups is 1. The van der Waals surface area contributed by atoms with E-state index in [9.17, 15) is 14.4 Å². The van der Waals surface area contributed by atoms with Crippen LogP contribution in [-0.2, 0) is 16.1 Å². The second-order valence-electron chi connectivity index (χ2n) is 4.88. The van der Waals surface area contributed by atoms with Gasteiger partial charge in [-0.3, -0.25) is 19.4 Å². The van der Waals surface area contributed by atoms with Crippen molar-refractivity contribution in [2.45, 2.75) is 11.4 Å². The van der Waals surface area contributed by atoms with E-state index in [4.69, 9.17) is 0 Å². The first-order chi connectivity index (χ1) is 9.93. The van der Waals surface area contributed by atoms with Crippen molar-refractivity contribution < 1.29 is 14.4 Å². The maximum atomic E-state index is 11.8. The van der Waals surface area contributed by atoms with Crippen LogP contribution in [0.25, 0.3) is 0 Å². The molecule has 112 valence electrons. The fraction of sp³-hybridized carbons (Fsp3) is 0.357. The van der Waals surface area contributed by atoms with Crippen molar-refractivity contribution in [1.82, 2.24) is 14.7 Å². The fourth-order valence-corrected chi connectivity index (χ4v) is 2.48. The first-order valence-corrected chi connectivity index (χ1v) is 7.61. The van der Waals surface area contributed by atoms with Crippen LogP contribution in [0.5, 0.6) is 0 Å². The van der Waals surface area contributed by atoms with Gasteiger partial charge in [0.05, 0.1) is 6.67 Å². The molecule has 0 N–H and O–H groups in total. The lowest BCUT2D eigenvalue weighted by molar-refractivity contribution is -0.143. The summed E-state index contributed by atoms with van der Waals surface area (Å²) in [5.74, 6) is -1.55. The number of rotatable bonds is 5. The average molecular weight is 307 g/mol. The molecule has 1 aromatic rings. The van der Waals surface area contributed by atoms with Crippen molar-refractivity contribution in [2.24, 2.45) is 0 Å². The van der Waals surface area contributed by atoms with Gasteiger partial charge in [0.15, 0.2) is 0 Å². The number of carbonyl (C=O) groups excluding carboxylic acids is 3. The van der Waals surface area contributed by atoms with E-state index in [2.05, 4.69) is 0 Å². The zero-order valence-corrected chi connectivity index (χ0v) is 13.0. The minimum absolute atomic E-state index is 0.0953. The van der Waals surface area contributed by atoms with Crippen LogP contribution in [0.15, 0.2) is 29.2 Å². The maximum absolute atomic E-state index is 11.8. The van der Waals surface area contributed by atoms with Gasteiger partial charge in [0, 0.05) is 18.5 Å². The third kappa shape index (κ3) is 3.25. The van der Waals surface area contributed by atoms with E-state index in [1.165, 1.54) is 11.9 Å². The predicted octanol–water partition coefficient (Wildman–Crippen LogP) is 1.22. The molecule has 4 amide bonds. The Balaban J connectivity index is 1.98. The Morgan fingerprint density at radius 3 is 2.19 bits per heavy atom. The summed E-state index contributed by atoms with van der Waals surface area (Å²) in [5, 5.41) is 0. The molecule has 0 spiro atoms. The van der Waals surface area contributed by atoms with Gasteiger partial charge in [0.2, 0.25) is 0 Å². The van der Waals surface area contributed by atoms with E-state index in [0.29, 0.717) is 6.54 Å². The summed E-state index contributed by atoms with van der Waals surface area (Å²) in [7, 11) is 3.11. The monoisotopic (exact) mass is 307 g/mol. The van der Waals surface area contributed by atoms with Gasteiger partial charge in [0.25, 0.3) is 0 Å². The topological polar surface area (TPSA) is 60.9 Å². The number of carbonyl (C=O) groups is 3. The molecular formula is C14H17N3O3S. The standard InChI is InChI=1S/C14H17N3O3S/c1-15(8-10-4-6-11(21-3)7-5-10)9-17-13(19)12(18)16(2)14(17)20/h4-7H,8-9H2,1-3H3. The van der Waals surface area contributed by atoms with Gasteiger partial charge in [0.1, 0.15) is 0 Å². The highest BCUT2D eigenvalue weighted by Crippen LogP contribution is 2.16. The summed E-state index contributed by atoms with van der Waals surface area (Å²) in [4.78, 5) is 39.7. The summed E-state index contributed by atoms with van der Waals surface area (Å²) in [6.45, 7) is 0.682. The first kappa shape index (κ1) is 15.5. The second-order valence-corrected chi connectivity index (χ2v) is 5.76. The summed E-state index contributed by atoms with van der Waals surface area (Å²) >= 11 is 1.67. The van der Waals surface area contributed by atoms with E-state index < -0.39 is 17.8 Å². The number of benzene rings is 1. The third-order valence-corrected chi connectivity index (χ3v) is 3.99. The molecule has 1 aliphatic rings. The normalized spacial score (nSPS) is 15.5. The lowest BCUT2D eigenvalue weighted by Crippen LogP contribution is -2.40. The van der Waals surface area contributed by atoms with Gasteiger partial charge in [-0.1, -0.05) is 12.1 Å². The van der Waals surface area contributed by atoms with Crippen molar-refractivity contribution in [2.75, 3.05) is 27.0 Å². The lowest BCUT2D eigenvalue weighted by atomic mass is 10.2. The van der Waals surface area contributed by atoms with Gasteiger partial charge < -0.3 is 0 Å². The Labute approximate surface area is 127 Å². The maximum Gasteiger partial charge on any atom is 0.335 e. The molecule has 0 aromatic heterocycles. The van der Waals surface area contributed by atoms with Gasteiger partial charge in [-0.25, -0.2) is 9.69 Å². The van der Waals surface area contributed by atoms with Crippen LogP contribution in [0.4, 0.5) is 4.79 Å². The number of hydrogen-bond donors (Lipinski definition) is 0. The molecular weight excluding hydrogens is 290 g/mol. The Bertz CT molecular complexity index is 573. The molecule has 0 saturated carbocycles. The zero-order chi connectivity index (χ0) is 15.6. The molecule has 0 atom stereocenters. The molecule has 0 radical (unpaired) electrons. The summed E-state index contributed by atoms with van der Waals surface area (Å²) in [6, 6.07) is 7.49. The molecule has 2 rings (SSSR count). The second kappa shape index (κ2) is 6.28. The van der Waals surface area contributed by atoms with Crippen LogP contribution in [-0.4, -0.2) is 59.6 Å². The Morgan fingerprint density at radius 2 is 1.71 bits per heavy atom. The van der Waals surface area contributed by atoms with Crippen LogP contribution in [0, 0.1) is 0 Å². The van der Waals surface area contributed by atoms with E-state index >= 15 is 0 Å². The number of likely N-dealkylation sites (N-methyl/N-ethyl adjacent to an activating group) is 1. The van der Waals surface area contributed by atoms with E-state index in [1.807, 2.05) is 35.4 Å². The molecule has 1 aliphatic heterocycles. The van der Waals surface area contributed by atoms with Crippen LogP contribution in [0.2, 0.25) is 0 Å². The molecule has 1 fully saturated rings.